The summed E-state index contributed by atoms with van der Waals surface area (Å²) in [7, 11) is 1.62. The van der Waals surface area contributed by atoms with Crippen molar-refractivity contribution < 1.29 is 9.47 Å². The molecule has 1 unspecified atom stereocenters. The zero-order valence-electron chi connectivity index (χ0n) is 11.4. The number of aromatic nitrogens is 2. The Morgan fingerprint density at radius 1 is 1.15 bits per heavy atom. The van der Waals surface area contributed by atoms with E-state index in [0.717, 1.165) is 18.8 Å². The van der Waals surface area contributed by atoms with Crippen LogP contribution in [0.3, 0.4) is 0 Å². The van der Waals surface area contributed by atoms with E-state index in [1.165, 1.54) is 6.42 Å². The van der Waals surface area contributed by atoms with Crippen molar-refractivity contribution in [1.82, 2.24) is 15.3 Å². The first-order valence-electron chi connectivity index (χ1n) is 6.73. The van der Waals surface area contributed by atoms with Gasteiger partial charge in [-0.2, -0.15) is 0 Å². The molecule has 5 nitrogen and oxygen atoms in total. The first kappa shape index (κ1) is 12.9. The lowest BCUT2D eigenvalue weighted by Crippen LogP contribution is -2.15. The molecule has 1 aromatic carbocycles. The minimum absolute atomic E-state index is 0.273. The fourth-order valence-corrected chi connectivity index (χ4v) is 2.29. The van der Waals surface area contributed by atoms with E-state index in [-0.39, 0.29) is 6.04 Å². The maximum atomic E-state index is 5.75. The van der Waals surface area contributed by atoms with Gasteiger partial charge in [-0.05, 0) is 31.5 Å². The Morgan fingerprint density at radius 3 is 2.55 bits per heavy atom. The molecule has 0 bridgehead atoms. The van der Waals surface area contributed by atoms with Crippen LogP contribution in [-0.2, 0) is 0 Å². The third-order valence-electron chi connectivity index (χ3n) is 3.32. The highest BCUT2D eigenvalue weighted by molar-refractivity contribution is 5.41. The van der Waals surface area contributed by atoms with E-state index in [1.54, 1.807) is 19.5 Å². The molecule has 0 radical (unpaired) electrons. The Hall–Kier alpha value is -2.14. The molecule has 20 heavy (non-hydrogen) atoms. The summed E-state index contributed by atoms with van der Waals surface area (Å²) in [5, 5.41) is 3.37. The van der Waals surface area contributed by atoms with Gasteiger partial charge in [0.15, 0.2) is 17.2 Å². The normalized spacial score (nSPS) is 17.9. The maximum absolute atomic E-state index is 5.75. The molecule has 3 rings (SSSR count). The van der Waals surface area contributed by atoms with E-state index in [0.29, 0.717) is 17.2 Å². The molecule has 0 amide bonds. The third kappa shape index (κ3) is 2.72. The van der Waals surface area contributed by atoms with Crippen LogP contribution < -0.4 is 14.8 Å². The highest BCUT2D eigenvalue weighted by Gasteiger charge is 2.18. The third-order valence-corrected chi connectivity index (χ3v) is 3.32. The molecule has 1 aliphatic rings. The van der Waals surface area contributed by atoms with Gasteiger partial charge in [-0.25, -0.2) is 9.97 Å². The van der Waals surface area contributed by atoms with E-state index < -0.39 is 0 Å². The second kappa shape index (κ2) is 5.88. The smallest absolute Gasteiger partial charge is 0.169 e. The summed E-state index contributed by atoms with van der Waals surface area (Å²) >= 11 is 0. The van der Waals surface area contributed by atoms with Crippen molar-refractivity contribution >= 4 is 0 Å². The molecule has 1 aromatic heterocycles. The molecule has 1 fully saturated rings. The average molecular weight is 271 g/mol. The van der Waals surface area contributed by atoms with Gasteiger partial charge in [0.1, 0.15) is 5.82 Å². The van der Waals surface area contributed by atoms with Gasteiger partial charge >= 0.3 is 0 Å². The standard InChI is InChI=1S/C15H17N3O2/c1-19-13-6-2-3-7-14(13)20-11-9-17-15(18-10-11)12-5-4-8-16-12/h2-3,6-7,9-10,12,16H,4-5,8H2,1H3. The minimum Gasteiger partial charge on any atom is -0.493 e. The summed E-state index contributed by atoms with van der Waals surface area (Å²) in [5.41, 5.74) is 0. The second-order valence-corrected chi connectivity index (χ2v) is 4.68. The lowest BCUT2D eigenvalue weighted by Gasteiger charge is -2.11. The topological polar surface area (TPSA) is 56.3 Å². The van der Waals surface area contributed by atoms with Crippen LogP contribution in [0.5, 0.6) is 17.2 Å². The van der Waals surface area contributed by atoms with Gasteiger partial charge in [0.25, 0.3) is 0 Å². The van der Waals surface area contributed by atoms with Crippen molar-refractivity contribution in [2.24, 2.45) is 0 Å². The van der Waals surface area contributed by atoms with Crippen LogP contribution in [0.25, 0.3) is 0 Å². The van der Waals surface area contributed by atoms with E-state index in [4.69, 9.17) is 9.47 Å². The van der Waals surface area contributed by atoms with Crippen molar-refractivity contribution in [1.29, 1.82) is 0 Å². The predicted molar refractivity (Wildman–Crippen MR) is 75.1 cm³/mol. The molecule has 1 N–H and O–H groups in total. The lowest BCUT2D eigenvalue weighted by atomic mass is 10.2. The highest BCUT2D eigenvalue weighted by atomic mass is 16.5. The van der Waals surface area contributed by atoms with Crippen LogP contribution in [0.15, 0.2) is 36.7 Å². The van der Waals surface area contributed by atoms with Crippen molar-refractivity contribution in [2.45, 2.75) is 18.9 Å². The molecule has 104 valence electrons. The van der Waals surface area contributed by atoms with Gasteiger partial charge in [0, 0.05) is 0 Å². The Morgan fingerprint density at radius 2 is 1.90 bits per heavy atom. The SMILES string of the molecule is COc1ccccc1Oc1cnc(C2CCCN2)nc1. The van der Waals surface area contributed by atoms with Crippen LogP contribution in [0.4, 0.5) is 0 Å². The highest BCUT2D eigenvalue weighted by Crippen LogP contribution is 2.30. The molecular weight excluding hydrogens is 254 g/mol. The van der Waals surface area contributed by atoms with Crippen LogP contribution >= 0.6 is 0 Å². The molecule has 0 spiro atoms. The zero-order chi connectivity index (χ0) is 13.8. The summed E-state index contributed by atoms with van der Waals surface area (Å²) in [6.07, 6.45) is 5.67. The first-order valence-corrected chi connectivity index (χ1v) is 6.73. The maximum Gasteiger partial charge on any atom is 0.169 e. The van der Waals surface area contributed by atoms with Gasteiger partial charge in [-0.15, -0.1) is 0 Å². The van der Waals surface area contributed by atoms with Crippen LogP contribution in [0.2, 0.25) is 0 Å². The van der Waals surface area contributed by atoms with Crippen LogP contribution in [0.1, 0.15) is 24.7 Å². The summed E-state index contributed by atoms with van der Waals surface area (Å²) in [6, 6.07) is 7.78. The van der Waals surface area contributed by atoms with Gasteiger partial charge in [-0.1, -0.05) is 12.1 Å². The summed E-state index contributed by atoms with van der Waals surface area (Å²) in [6.45, 7) is 1.04. The molecule has 0 aliphatic carbocycles. The van der Waals surface area contributed by atoms with Crippen molar-refractivity contribution in [2.75, 3.05) is 13.7 Å². The molecule has 1 aliphatic heterocycles. The fraction of sp³-hybridized carbons (Fsp3) is 0.333. The molecule has 5 heteroatoms. The summed E-state index contributed by atoms with van der Waals surface area (Å²) in [4.78, 5) is 8.75. The Kier molecular flexibility index (Phi) is 3.78. The summed E-state index contributed by atoms with van der Waals surface area (Å²) < 4.78 is 11.0. The number of benzene rings is 1. The number of nitrogens with zero attached hydrogens (tertiary/aromatic N) is 2. The van der Waals surface area contributed by atoms with Crippen molar-refractivity contribution in [3.05, 3.63) is 42.5 Å². The second-order valence-electron chi connectivity index (χ2n) is 4.68. The number of ether oxygens (including phenoxy) is 2. The van der Waals surface area contributed by atoms with E-state index in [1.807, 2.05) is 24.3 Å². The van der Waals surface area contributed by atoms with Crippen LogP contribution in [0, 0.1) is 0 Å². The predicted octanol–water partition coefficient (Wildman–Crippen LogP) is 2.70. The number of methoxy groups -OCH3 is 1. The quantitative estimate of drug-likeness (QED) is 0.926. The molecule has 2 heterocycles. The monoisotopic (exact) mass is 271 g/mol. The number of rotatable bonds is 4. The number of hydrogen-bond donors (Lipinski definition) is 1. The van der Waals surface area contributed by atoms with Gasteiger partial charge < -0.3 is 14.8 Å². The Labute approximate surface area is 118 Å². The molecule has 0 saturated carbocycles. The minimum atomic E-state index is 0.273. The fourth-order valence-electron chi connectivity index (χ4n) is 2.29. The van der Waals surface area contributed by atoms with Gasteiger partial charge in [0.2, 0.25) is 0 Å². The van der Waals surface area contributed by atoms with E-state index >= 15 is 0 Å². The molecular formula is C15H17N3O2. The van der Waals surface area contributed by atoms with E-state index in [2.05, 4.69) is 15.3 Å². The zero-order valence-corrected chi connectivity index (χ0v) is 11.4. The van der Waals surface area contributed by atoms with Crippen LogP contribution in [-0.4, -0.2) is 23.6 Å². The molecule has 1 atom stereocenters. The first-order chi connectivity index (χ1) is 9.86. The number of hydrogen-bond acceptors (Lipinski definition) is 5. The molecule has 2 aromatic rings. The van der Waals surface area contributed by atoms with Gasteiger partial charge in [0.05, 0.1) is 25.5 Å². The Bertz CT molecular complexity index is 566. The lowest BCUT2D eigenvalue weighted by molar-refractivity contribution is 0.377. The van der Waals surface area contributed by atoms with Crippen molar-refractivity contribution in [3.8, 4) is 17.2 Å². The number of nitrogens with one attached hydrogen (secondary N) is 1. The average Bonchev–Trinajstić information content (AvgIpc) is 3.03. The number of para-hydroxylation sites is 2. The van der Waals surface area contributed by atoms with E-state index in [9.17, 15) is 0 Å². The Balaban J connectivity index is 1.74. The molecule has 1 saturated heterocycles. The largest absolute Gasteiger partial charge is 0.493 e. The van der Waals surface area contributed by atoms with Gasteiger partial charge in [-0.3, -0.25) is 0 Å². The van der Waals surface area contributed by atoms with Crippen molar-refractivity contribution in [3.63, 3.8) is 0 Å². The summed E-state index contributed by atoms with van der Waals surface area (Å²) in [5.74, 6) is 2.78.